The van der Waals surface area contributed by atoms with Gasteiger partial charge in [0.15, 0.2) is 6.29 Å². The second-order valence-electron chi connectivity index (χ2n) is 7.92. The largest absolute Gasteiger partial charge is 0.465 e. The van der Waals surface area contributed by atoms with Crippen molar-refractivity contribution < 1.29 is 14.2 Å². The predicted molar refractivity (Wildman–Crippen MR) is 115 cm³/mol. The Morgan fingerprint density at radius 1 is 0.963 bits per heavy atom. The highest BCUT2D eigenvalue weighted by molar-refractivity contribution is 9.10. The first-order valence-electron chi connectivity index (χ1n) is 10.8. The fraction of sp³-hybridized carbons (Fsp3) is 0.739. The summed E-state index contributed by atoms with van der Waals surface area (Å²) in [5.74, 6) is 0.873. The number of rotatable bonds is 15. The van der Waals surface area contributed by atoms with Gasteiger partial charge in [-0.25, -0.2) is 0 Å². The SMILES string of the molecule is CCCCCCCCCCC(OCC1(CC)COC1)Oc1ccc(Br)cc1. The number of benzene rings is 1. The number of ether oxygens (including phenoxy) is 3. The van der Waals surface area contributed by atoms with Gasteiger partial charge < -0.3 is 14.2 Å². The molecule has 0 aliphatic carbocycles. The lowest BCUT2D eigenvalue weighted by Crippen LogP contribution is -2.46. The average Bonchev–Trinajstić information content (AvgIpc) is 2.64. The summed E-state index contributed by atoms with van der Waals surface area (Å²) in [6.07, 6.45) is 12.4. The highest BCUT2D eigenvalue weighted by Crippen LogP contribution is 2.32. The van der Waals surface area contributed by atoms with Gasteiger partial charge in [-0.1, -0.05) is 74.7 Å². The Bertz CT molecular complexity index is 493. The van der Waals surface area contributed by atoms with Gasteiger partial charge in [-0.05, 0) is 37.1 Å². The maximum Gasteiger partial charge on any atom is 0.199 e. The molecular formula is C23H37BrO3. The molecule has 1 unspecified atom stereocenters. The van der Waals surface area contributed by atoms with Crippen molar-refractivity contribution in [3.05, 3.63) is 28.7 Å². The summed E-state index contributed by atoms with van der Waals surface area (Å²) >= 11 is 3.48. The van der Waals surface area contributed by atoms with E-state index in [9.17, 15) is 0 Å². The Kier molecular flexibility index (Phi) is 10.8. The van der Waals surface area contributed by atoms with Crippen molar-refractivity contribution in [2.75, 3.05) is 19.8 Å². The van der Waals surface area contributed by atoms with Crippen LogP contribution in [-0.4, -0.2) is 26.1 Å². The van der Waals surface area contributed by atoms with Crippen LogP contribution in [-0.2, 0) is 9.47 Å². The second kappa shape index (κ2) is 12.8. The van der Waals surface area contributed by atoms with Crippen LogP contribution in [0.5, 0.6) is 5.75 Å². The number of hydrogen-bond acceptors (Lipinski definition) is 3. The molecule has 0 N–H and O–H groups in total. The van der Waals surface area contributed by atoms with Crippen LogP contribution in [0.3, 0.4) is 0 Å². The van der Waals surface area contributed by atoms with Crippen molar-refractivity contribution in [3.63, 3.8) is 0 Å². The third-order valence-electron chi connectivity index (χ3n) is 5.52. The summed E-state index contributed by atoms with van der Waals surface area (Å²) in [5, 5.41) is 0. The predicted octanol–water partition coefficient (Wildman–Crippen LogP) is 7.13. The first kappa shape index (κ1) is 22.7. The van der Waals surface area contributed by atoms with E-state index in [1.807, 2.05) is 24.3 Å². The summed E-state index contributed by atoms with van der Waals surface area (Å²) in [7, 11) is 0. The molecule has 2 rings (SSSR count). The molecule has 0 bridgehead atoms. The lowest BCUT2D eigenvalue weighted by atomic mass is 9.84. The Hall–Kier alpha value is -0.580. The molecule has 27 heavy (non-hydrogen) atoms. The van der Waals surface area contributed by atoms with Gasteiger partial charge in [0, 0.05) is 16.3 Å². The molecule has 1 aromatic rings. The molecule has 3 nitrogen and oxygen atoms in total. The van der Waals surface area contributed by atoms with Crippen LogP contribution >= 0.6 is 15.9 Å². The van der Waals surface area contributed by atoms with E-state index in [0.29, 0.717) is 0 Å². The van der Waals surface area contributed by atoms with Crippen LogP contribution in [0.1, 0.15) is 78.1 Å². The first-order chi connectivity index (χ1) is 13.2. The Balaban J connectivity index is 1.73. The van der Waals surface area contributed by atoms with E-state index in [0.717, 1.165) is 49.3 Å². The summed E-state index contributed by atoms with van der Waals surface area (Å²) in [6.45, 7) is 6.83. The van der Waals surface area contributed by atoms with Gasteiger partial charge in [0.1, 0.15) is 5.75 Å². The van der Waals surface area contributed by atoms with Crippen LogP contribution in [0.25, 0.3) is 0 Å². The van der Waals surface area contributed by atoms with E-state index in [2.05, 4.69) is 29.8 Å². The minimum absolute atomic E-state index is 0.171. The minimum Gasteiger partial charge on any atom is -0.465 e. The molecule has 1 atom stereocenters. The fourth-order valence-corrected chi connectivity index (χ4v) is 3.60. The molecule has 4 heteroatoms. The van der Waals surface area contributed by atoms with Crippen molar-refractivity contribution >= 4 is 15.9 Å². The molecule has 1 fully saturated rings. The first-order valence-corrected chi connectivity index (χ1v) is 11.6. The van der Waals surface area contributed by atoms with Crippen LogP contribution < -0.4 is 4.74 Å². The van der Waals surface area contributed by atoms with Crippen molar-refractivity contribution in [1.29, 1.82) is 0 Å². The lowest BCUT2D eigenvalue weighted by Gasteiger charge is -2.41. The third-order valence-corrected chi connectivity index (χ3v) is 6.05. The number of unbranched alkanes of at least 4 members (excludes halogenated alkanes) is 7. The molecule has 1 saturated heterocycles. The number of hydrogen-bond donors (Lipinski definition) is 0. The lowest BCUT2D eigenvalue weighted by molar-refractivity contribution is -0.188. The Morgan fingerprint density at radius 3 is 2.15 bits per heavy atom. The number of halogens is 1. The van der Waals surface area contributed by atoms with E-state index >= 15 is 0 Å². The zero-order valence-corrected chi connectivity index (χ0v) is 18.8. The van der Waals surface area contributed by atoms with Crippen molar-refractivity contribution in [2.24, 2.45) is 5.41 Å². The van der Waals surface area contributed by atoms with Crippen LogP contribution in [0.2, 0.25) is 0 Å². The summed E-state index contributed by atoms with van der Waals surface area (Å²) in [5.41, 5.74) is 0.195. The van der Waals surface area contributed by atoms with Crippen molar-refractivity contribution in [3.8, 4) is 5.75 Å². The minimum atomic E-state index is -0.171. The zero-order valence-electron chi connectivity index (χ0n) is 17.2. The third kappa shape index (κ3) is 8.53. The molecule has 0 amide bonds. The molecule has 1 aliphatic heterocycles. The molecule has 1 aromatic carbocycles. The molecule has 1 heterocycles. The van der Waals surface area contributed by atoms with Crippen LogP contribution in [0.4, 0.5) is 0 Å². The normalized spacial score (nSPS) is 16.7. The van der Waals surface area contributed by atoms with Crippen molar-refractivity contribution in [1.82, 2.24) is 0 Å². The van der Waals surface area contributed by atoms with Crippen molar-refractivity contribution in [2.45, 2.75) is 84.3 Å². The highest BCUT2D eigenvalue weighted by Gasteiger charge is 2.37. The quantitative estimate of drug-likeness (QED) is 0.214. The monoisotopic (exact) mass is 440 g/mol. The van der Waals surface area contributed by atoms with E-state index in [1.54, 1.807) is 0 Å². The van der Waals surface area contributed by atoms with Crippen LogP contribution in [0.15, 0.2) is 28.7 Å². The smallest absolute Gasteiger partial charge is 0.199 e. The molecule has 0 saturated carbocycles. The van der Waals surface area contributed by atoms with Gasteiger partial charge in [-0.2, -0.15) is 0 Å². The maximum atomic E-state index is 6.22. The molecule has 0 aromatic heterocycles. The van der Waals surface area contributed by atoms with Gasteiger partial charge in [0.05, 0.1) is 19.8 Å². The molecular weight excluding hydrogens is 404 g/mol. The molecule has 1 aliphatic rings. The molecule has 0 radical (unpaired) electrons. The van der Waals surface area contributed by atoms with Gasteiger partial charge in [0.2, 0.25) is 0 Å². The average molecular weight is 441 g/mol. The van der Waals surface area contributed by atoms with E-state index in [-0.39, 0.29) is 11.7 Å². The van der Waals surface area contributed by atoms with Gasteiger partial charge in [-0.15, -0.1) is 0 Å². The Morgan fingerprint density at radius 2 is 1.59 bits per heavy atom. The summed E-state index contributed by atoms with van der Waals surface area (Å²) < 4.78 is 18.9. The summed E-state index contributed by atoms with van der Waals surface area (Å²) in [4.78, 5) is 0. The molecule has 154 valence electrons. The highest BCUT2D eigenvalue weighted by atomic mass is 79.9. The summed E-state index contributed by atoms with van der Waals surface area (Å²) in [6, 6.07) is 8.01. The maximum absolute atomic E-state index is 6.22. The van der Waals surface area contributed by atoms with E-state index in [1.165, 1.54) is 44.9 Å². The van der Waals surface area contributed by atoms with Gasteiger partial charge in [0.25, 0.3) is 0 Å². The van der Waals surface area contributed by atoms with E-state index in [4.69, 9.17) is 14.2 Å². The van der Waals surface area contributed by atoms with Crippen LogP contribution in [0, 0.1) is 5.41 Å². The second-order valence-corrected chi connectivity index (χ2v) is 8.84. The Labute approximate surface area is 174 Å². The topological polar surface area (TPSA) is 27.7 Å². The zero-order chi connectivity index (χ0) is 19.4. The molecule has 0 spiro atoms. The van der Waals surface area contributed by atoms with E-state index < -0.39 is 0 Å². The fourth-order valence-electron chi connectivity index (χ4n) is 3.34. The van der Waals surface area contributed by atoms with Gasteiger partial charge in [-0.3, -0.25) is 0 Å². The van der Waals surface area contributed by atoms with Gasteiger partial charge >= 0.3 is 0 Å². The standard InChI is InChI=1S/C23H37BrO3/c1-3-5-6-7-8-9-10-11-12-22(26-19-23(4-2)17-25-18-23)27-21-15-13-20(24)14-16-21/h13-16,22H,3-12,17-19H2,1-2H3.